The van der Waals surface area contributed by atoms with Crippen LogP contribution in [-0.4, -0.2) is 42.8 Å². The molecule has 1 heterocycles. The molecule has 2 atom stereocenters. The molecule has 4 nitrogen and oxygen atoms in total. The minimum absolute atomic E-state index is 0.0828. The molecule has 1 N–H and O–H groups in total. The number of rotatable bonds is 5. The summed E-state index contributed by atoms with van der Waals surface area (Å²) in [5.41, 5.74) is -0.351. The van der Waals surface area contributed by atoms with Crippen molar-refractivity contribution in [1.29, 1.82) is 0 Å². The number of carbonyl (C=O) groups is 2. The minimum Gasteiger partial charge on any atom is -0.355 e. The van der Waals surface area contributed by atoms with Gasteiger partial charge in [0.2, 0.25) is 5.91 Å². The van der Waals surface area contributed by atoms with E-state index in [9.17, 15) is 9.59 Å². The van der Waals surface area contributed by atoms with Gasteiger partial charge >= 0.3 is 0 Å². The summed E-state index contributed by atoms with van der Waals surface area (Å²) in [6.07, 6.45) is 6.43. The predicted molar refractivity (Wildman–Crippen MR) is 88.6 cm³/mol. The van der Waals surface area contributed by atoms with Gasteiger partial charge in [-0.05, 0) is 38.8 Å². The van der Waals surface area contributed by atoms with E-state index in [2.05, 4.69) is 10.2 Å². The fourth-order valence-electron chi connectivity index (χ4n) is 3.79. The smallest absolute Gasteiger partial charge is 0.223 e. The molecule has 0 radical (unpaired) electrons. The molecule has 0 spiro atoms. The molecule has 2 unspecified atom stereocenters. The van der Waals surface area contributed by atoms with Crippen LogP contribution in [0.25, 0.3) is 0 Å². The number of nitrogens with zero attached hydrogens (tertiary/aromatic N) is 1. The van der Waals surface area contributed by atoms with Gasteiger partial charge in [0.25, 0.3) is 0 Å². The normalized spacial score (nSPS) is 26.9. The van der Waals surface area contributed by atoms with Crippen molar-refractivity contribution in [2.45, 2.75) is 59.3 Å². The summed E-state index contributed by atoms with van der Waals surface area (Å²) < 4.78 is 0. The Kier molecular flexibility index (Phi) is 6.01. The van der Waals surface area contributed by atoms with Gasteiger partial charge in [-0.15, -0.1) is 0 Å². The molecule has 1 saturated carbocycles. The number of hydrogen-bond acceptors (Lipinski definition) is 3. The fraction of sp³-hybridized carbons (Fsp3) is 0.889. The Morgan fingerprint density at radius 1 is 1.00 bits per heavy atom. The summed E-state index contributed by atoms with van der Waals surface area (Å²) in [7, 11) is 0. The van der Waals surface area contributed by atoms with E-state index in [4.69, 9.17) is 0 Å². The Balaban J connectivity index is 1.86. The molecule has 1 aliphatic heterocycles. The summed E-state index contributed by atoms with van der Waals surface area (Å²) >= 11 is 0. The highest BCUT2D eigenvalue weighted by molar-refractivity contribution is 5.91. The van der Waals surface area contributed by atoms with Gasteiger partial charge in [-0.2, -0.15) is 0 Å². The van der Waals surface area contributed by atoms with Crippen LogP contribution in [0.15, 0.2) is 0 Å². The fourth-order valence-corrected chi connectivity index (χ4v) is 3.79. The van der Waals surface area contributed by atoms with Crippen LogP contribution >= 0.6 is 0 Å². The van der Waals surface area contributed by atoms with E-state index in [0.29, 0.717) is 6.54 Å². The van der Waals surface area contributed by atoms with Gasteiger partial charge in [-0.1, -0.05) is 33.6 Å². The van der Waals surface area contributed by atoms with E-state index >= 15 is 0 Å². The van der Waals surface area contributed by atoms with E-state index in [1.54, 1.807) is 0 Å². The number of ketones is 1. The molecule has 0 aromatic rings. The second-order valence-electron chi connectivity index (χ2n) is 7.95. The predicted octanol–water partition coefficient (Wildman–Crippen LogP) is 2.62. The van der Waals surface area contributed by atoms with Gasteiger partial charge in [0.1, 0.15) is 5.78 Å². The monoisotopic (exact) mass is 308 g/mol. The Bertz CT molecular complexity index is 394. The lowest BCUT2D eigenvalue weighted by Gasteiger charge is -2.33. The maximum absolute atomic E-state index is 12.6. The van der Waals surface area contributed by atoms with E-state index in [-0.39, 0.29) is 28.9 Å². The van der Waals surface area contributed by atoms with Crippen LogP contribution < -0.4 is 5.32 Å². The third-order valence-electron chi connectivity index (χ3n) is 5.10. The van der Waals surface area contributed by atoms with Gasteiger partial charge in [-0.3, -0.25) is 9.59 Å². The summed E-state index contributed by atoms with van der Waals surface area (Å²) in [6.45, 7) is 9.86. The molecule has 1 aliphatic carbocycles. The molecule has 2 aliphatic rings. The van der Waals surface area contributed by atoms with Gasteiger partial charge in [0.05, 0.1) is 0 Å². The van der Waals surface area contributed by atoms with Crippen LogP contribution in [0.2, 0.25) is 0 Å². The first-order valence-electron chi connectivity index (χ1n) is 8.94. The molecule has 0 aromatic carbocycles. The first kappa shape index (κ1) is 17.5. The Hall–Kier alpha value is -0.900. The van der Waals surface area contributed by atoms with Crippen LogP contribution in [0.1, 0.15) is 59.3 Å². The highest BCUT2D eigenvalue weighted by atomic mass is 16.2. The third-order valence-corrected chi connectivity index (χ3v) is 5.10. The van der Waals surface area contributed by atoms with Gasteiger partial charge in [-0.25, -0.2) is 0 Å². The highest BCUT2D eigenvalue weighted by Gasteiger charge is 2.39. The Morgan fingerprint density at radius 2 is 1.59 bits per heavy atom. The van der Waals surface area contributed by atoms with Crippen molar-refractivity contribution < 1.29 is 9.59 Å². The van der Waals surface area contributed by atoms with Crippen molar-refractivity contribution in [2.75, 3.05) is 26.2 Å². The molecule has 4 heteroatoms. The zero-order valence-electron chi connectivity index (χ0n) is 14.5. The van der Waals surface area contributed by atoms with E-state index in [0.717, 1.165) is 45.3 Å². The number of nitrogens with one attached hydrogen (secondary N) is 1. The zero-order chi connectivity index (χ0) is 16.2. The summed E-state index contributed by atoms with van der Waals surface area (Å²) in [5, 5.41) is 3.08. The molecule has 2 rings (SSSR count). The largest absolute Gasteiger partial charge is 0.355 e. The van der Waals surface area contributed by atoms with Crippen LogP contribution in [0, 0.1) is 17.3 Å². The van der Waals surface area contributed by atoms with Gasteiger partial charge in [0, 0.05) is 30.3 Å². The summed E-state index contributed by atoms with van der Waals surface area (Å²) in [4.78, 5) is 27.6. The third kappa shape index (κ3) is 4.55. The number of Topliss-reactive ketones (excluding diaryl/α,β-unsaturated/α-hetero) is 1. The lowest BCUT2D eigenvalue weighted by Crippen LogP contribution is -2.44. The van der Waals surface area contributed by atoms with Crippen molar-refractivity contribution in [3.05, 3.63) is 0 Å². The molecule has 2 fully saturated rings. The second-order valence-corrected chi connectivity index (χ2v) is 7.95. The van der Waals surface area contributed by atoms with Crippen LogP contribution in [-0.2, 0) is 9.59 Å². The molecule has 22 heavy (non-hydrogen) atoms. The highest BCUT2D eigenvalue weighted by Crippen LogP contribution is 2.35. The SMILES string of the molecule is CC(C)(C)C(=O)C1CCCCC1C(=O)NCCN1CCCC1. The van der Waals surface area contributed by atoms with Crippen LogP contribution in [0.5, 0.6) is 0 Å². The summed E-state index contributed by atoms with van der Waals surface area (Å²) in [6, 6.07) is 0. The van der Waals surface area contributed by atoms with Gasteiger partial charge < -0.3 is 10.2 Å². The van der Waals surface area contributed by atoms with E-state index in [1.807, 2.05) is 20.8 Å². The molecule has 126 valence electrons. The Labute approximate surface area is 135 Å². The first-order valence-corrected chi connectivity index (χ1v) is 8.94. The topological polar surface area (TPSA) is 49.4 Å². The van der Waals surface area contributed by atoms with Crippen molar-refractivity contribution in [1.82, 2.24) is 10.2 Å². The average molecular weight is 308 g/mol. The van der Waals surface area contributed by atoms with E-state index < -0.39 is 0 Å². The van der Waals surface area contributed by atoms with Crippen LogP contribution in [0.3, 0.4) is 0 Å². The molecule has 0 aromatic heterocycles. The number of carbonyl (C=O) groups excluding carboxylic acids is 2. The lowest BCUT2D eigenvalue weighted by molar-refractivity contribution is -0.139. The van der Waals surface area contributed by atoms with Crippen molar-refractivity contribution >= 4 is 11.7 Å². The molecule has 0 bridgehead atoms. The van der Waals surface area contributed by atoms with Gasteiger partial charge in [0.15, 0.2) is 0 Å². The first-order chi connectivity index (χ1) is 10.4. The number of likely N-dealkylation sites (tertiary alicyclic amines) is 1. The lowest BCUT2D eigenvalue weighted by atomic mass is 9.70. The average Bonchev–Trinajstić information content (AvgIpc) is 2.98. The zero-order valence-corrected chi connectivity index (χ0v) is 14.5. The molecule has 1 amide bonds. The number of amides is 1. The van der Waals surface area contributed by atoms with Crippen molar-refractivity contribution in [3.63, 3.8) is 0 Å². The second kappa shape index (κ2) is 7.58. The molecular formula is C18H32N2O2. The maximum Gasteiger partial charge on any atom is 0.223 e. The van der Waals surface area contributed by atoms with Crippen molar-refractivity contribution in [2.24, 2.45) is 17.3 Å². The molecular weight excluding hydrogens is 276 g/mol. The number of hydrogen-bond donors (Lipinski definition) is 1. The van der Waals surface area contributed by atoms with Crippen molar-refractivity contribution in [3.8, 4) is 0 Å². The maximum atomic E-state index is 12.6. The molecule has 1 saturated heterocycles. The minimum atomic E-state index is -0.351. The standard InChI is InChI=1S/C18H32N2O2/c1-18(2,3)16(21)14-8-4-5-9-15(14)17(22)19-10-13-20-11-6-7-12-20/h14-15H,4-13H2,1-3H3,(H,19,22). The summed E-state index contributed by atoms with van der Waals surface area (Å²) in [5.74, 6) is 0.160. The van der Waals surface area contributed by atoms with E-state index in [1.165, 1.54) is 12.8 Å². The quantitative estimate of drug-likeness (QED) is 0.849. The Morgan fingerprint density at radius 3 is 2.18 bits per heavy atom. The van der Waals surface area contributed by atoms with Crippen LogP contribution in [0.4, 0.5) is 0 Å².